The lowest BCUT2D eigenvalue weighted by atomic mass is 10.1. The molecule has 0 saturated heterocycles. The second kappa shape index (κ2) is 7.79. The smallest absolute Gasteiger partial charge is 0.253 e. The van der Waals surface area contributed by atoms with Gasteiger partial charge in [0.1, 0.15) is 0 Å². The molecule has 0 spiro atoms. The van der Waals surface area contributed by atoms with Crippen molar-refractivity contribution in [2.75, 3.05) is 5.32 Å². The van der Waals surface area contributed by atoms with Crippen molar-refractivity contribution in [1.82, 2.24) is 5.32 Å². The minimum Gasteiger partial charge on any atom is -0.350 e. The molecule has 0 aliphatic carbocycles. The van der Waals surface area contributed by atoms with Gasteiger partial charge in [-0.15, -0.1) is 0 Å². The summed E-state index contributed by atoms with van der Waals surface area (Å²) in [7, 11) is 0. The van der Waals surface area contributed by atoms with Crippen LogP contribution in [0.2, 0.25) is 5.02 Å². The molecule has 120 valence electrons. The van der Waals surface area contributed by atoms with Gasteiger partial charge in [0.15, 0.2) is 0 Å². The van der Waals surface area contributed by atoms with Gasteiger partial charge in [0.2, 0.25) is 5.91 Å². The first kappa shape index (κ1) is 17.0. The van der Waals surface area contributed by atoms with Gasteiger partial charge in [-0.3, -0.25) is 9.59 Å². The van der Waals surface area contributed by atoms with E-state index in [0.29, 0.717) is 16.3 Å². The molecule has 0 saturated carbocycles. The number of amides is 2. The molecule has 0 aliphatic heterocycles. The van der Waals surface area contributed by atoms with E-state index in [1.165, 1.54) is 0 Å². The average molecular weight is 331 g/mol. The van der Waals surface area contributed by atoms with E-state index in [1.54, 1.807) is 42.5 Å². The van der Waals surface area contributed by atoms with Gasteiger partial charge >= 0.3 is 0 Å². The van der Waals surface area contributed by atoms with E-state index in [0.717, 1.165) is 5.56 Å². The first-order chi connectivity index (χ1) is 11.0. The Morgan fingerprint density at radius 3 is 2.52 bits per heavy atom. The lowest BCUT2D eigenvalue weighted by molar-refractivity contribution is -0.115. The van der Waals surface area contributed by atoms with Crippen molar-refractivity contribution in [3.63, 3.8) is 0 Å². The zero-order valence-corrected chi connectivity index (χ0v) is 13.9. The zero-order chi connectivity index (χ0) is 16.8. The number of hydrogen-bond donors (Lipinski definition) is 2. The highest BCUT2D eigenvalue weighted by atomic mass is 35.5. The molecule has 0 unspecified atom stereocenters. The van der Waals surface area contributed by atoms with E-state index in [1.807, 2.05) is 19.9 Å². The molecule has 23 heavy (non-hydrogen) atoms. The third-order valence-corrected chi connectivity index (χ3v) is 3.35. The van der Waals surface area contributed by atoms with Crippen LogP contribution in [0.3, 0.4) is 0 Å². The standard InChI is InChI=1S/C18H19ClN2O2/c1-12(2)20-18(23)15-8-3-4-9-16(15)21-17(22)11-13-6-5-7-14(19)10-13/h3-10,12H,11H2,1-2H3,(H,20,23)(H,21,22). The summed E-state index contributed by atoms with van der Waals surface area (Å²) >= 11 is 5.92. The van der Waals surface area contributed by atoms with Gasteiger partial charge in [0, 0.05) is 11.1 Å². The molecule has 4 nitrogen and oxygen atoms in total. The fourth-order valence-corrected chi connectivity index (χ4v) is 2.37. The molecule has 0 heterocycles. The summed E-state index contributed by atoms with van der Waals surface area (Å²) in [6.45, 7) is 3.77. The van der Waals surface area contributed by atoms with Crippen molar-refractivity contribution in [3.05, 3.63) is 64.7 Å². The van der Waals surface area contributed by atoms with E-state index in [-0.39, 0.29) is 24.3 Å². The number of para-hydroxylation sites is 1. The zero-order valence-electron chi connectivity index (χ0n) is 13.1. The molecule has 0 bridgehead atoms. The maximum absolute atomic E-state index is 12.2. The first-order valence-electron chi connectivity index (χ1n) is 7.40. The van der Waals surface area contributed by atoms with Crippen molar-refractivity contribution in [3.8, 4) is 0 Å². The summed E-state index contributed by atoms with van der Waals surface area (Å²) in [6, 6.07) is 14.1. The number of halogens is 1. The molecule has 2 aromatic rings. The molecule has 0 aliphatic rings. The molecule has 2 amide bonds. The number of hydrogen-bond acceptors (Lipinski definition) is 2. The van der Waals surface area contributed by atoms with Gasteiger partial charge in [-0.1, -0.05) is 35.9 Å². The number of nitrogens with one attached hydrogen (secondary N) is 2. The number of anilines is 1. The average Bonchev–Trinajstić information content (AvgIpc) is 2.46. The molecule has 2 aromatic carbocycles. The minimum atomic E-state index is -0.210. The fraction of sp³-hybridized carbons (Fsp3) is 0.222. The Bertz CT molecular complexity index is 714. The molecule has 5 heteroatoms. The Balaban J connectivity index is 2.10. The largest absolute Gasteiger partial charge is 0.350 e. The van der Waals surface area contributed by atoms with E-state index in [4.69, 9.17) is 11.6 Å². The Morgan fingerprint density at radius 1 is 1.09 bits per heavy atom. The number of carbonyl (C=O) groups excluding carboxylic acids is 2. The summed E-state index contributed by atoms with van der Waals surface area (Å²) in [5.74, 6) is -0.407. The Morgan fingerprint density at radius 2 is 1.83 bits per heavy atom. The van der Waals surface area contributed by atoms with E-state index < -0.39 is 0 Å². The molecule has 0 fully saturated rings. The summed E-state index contributed by atoms with van der Waals surface area (Å²) in [4.78, 5) is 24.4. The van der Waals surface area contributed by atoms with Crippen LogP contribution >= 0.6 is 11.6 Å². The highest BCUT2D eigenvalue weighted by Gasteiger charge is 2.14. The van der Waals surface area contributed by atoms with Crippen molar-refractivity contribution in [2.45, 2.75) is 26.3 Å². The second-order valence-electron chi connectivity index (χ2n) is 5.53. The van der Waals surface area contributed by atoms with Crippen LogP contribution in [0.25, 0.3) is 0 Å². The molecule has 0 atom stereocenters. The molecule has 2 rings (SSSR count). The van der Waals surface area contributed by atoms with Gasteiger partial charge < -0.3 is 10.6 Å². The van der Waals surface area contributed by atoms with Gasteiger partial charge in [0.05, 0.1) is 17.7 Å². The third kappa shape index (κ3) is 5.11. The topological polar surface area (TPSA) is 58.2 Å². The van der Waals surface area contributed by atoms with Crippen molar-refractivity contribution in [2.24, 2.45) is 0 Å². The van der Waals surface area contributed by atoms with Gasteiger partial charge in [0.25, 0.3) is 5.91 Å². The quantitative estimate of drug-likeness (QED) is 0.879. The molecule has 0 radical (unpaired) electrons. The van der Waals surface area contributed by atoms with Gasteiger partial charge in [-0.25, -0.2) is 0 Å². The van der Waals surface area contributed by atoms with E-state index >= 15 is 0 Å². The SMILES string of the molecule is CC(C)NC(=O)c1ccccc1NC(=O)Cc1cccc(Cl)c1. The lowest BCUT2D eigenvalue weighted by Crippen LogP contribution is -2.31. The summed E-state index contributed by atoms with van der Waals surface area (Å²) in [5, 5.41) is 6.20. The van der Waals surface area contributed by atoms with E-state index in [2.05, 4.69) is 10.6 Å². The van der Waals surface area contributed by atoms with Crippen LogP contribution in [0.4, 0.5) is 5.69 Å². The molecular weight excluding hydrogens is 312 g/mol. The van der Waals surface area contributed by atoms with E-state index in [9.17, 15) is 9.59 Å². The third-order valence-electron chi connectivity index (χ3n) is 3.12. The van der Waals surface area contributed by atoms with Crippen LogP contribution in [-0.4, -0.2) is 17.9 Å². The monoisotopic (exact) mass is 330 g/mol. The number of rotatable bonds is 5. The van der Waals surface area contributed by atoms with Crippen LogP contribution in [-0.2, 0) is 11.2 Å². The van der Waals surface area contributed by atoms with Crippen LogP contribution in [0, 0.1) is 0 Å². The van der Waals surface area contributed by atoms with Crippen molar-refractivity contribution in [1.29, 1.82) is 0 Å². The van der Waals surface area contributed by atoms with Crippen molar-refractivity contribution < 1.29 is 9.59 Å². The predicted molar refractivity (Wildman–Crippen MR) is 92.8 cm³/mol. The Labute approximate surface area is 140 Å². The van der Waals surface area contributed by atoms with Crippen LogP contribution in [0.1, 0.15) is 29.8 Å². The minimum absolute atomic E-state index is 0.0257. The highest BCUT2D eigenvalue weighted by Crippen LogP contribution is 2.16. The normalized spacial score (nSPS) is 10.4. The number of carbonyl (C=O) groups is 2. The van der Waals surface area contributed by atoms with Crippen LogP contribution in [0.15, 0.2) is 48.5 Å². The molecule has 2 N–H and O–H groups in total. The Kier molecular flexibility index (Phi) is 5.77. The van der Waals surface area contributed by atoms with Crippen molar-refractivity contribution >= 4 is 29.1 Å². The Hall–Kier alpha value is -2.33. The van der Waals surface area contributed by atoms with Gasteiger partial charge in [-0.05, 0) is 43.7 Å². The molecular formula is C18H19ClN2O2. The fourth-order valence-electron chi connectivity index (χ4n) is 2.16. The first-order valence-corrected chi connectivity index (χ1v) is 7.77. The molecule has 0 aromatic heterocycles. The van der Waals surface area contributed by atoms with Crippen LogP contribution < -0.4 is 10.6 Å². The highest BCUT2D eigenvalue weighted by molar-refractivity contribution is 6.30. The lowest BCUT2D eigenvalue weighted by Gasteiger charge is -2.13. The maximum atomic E-state index is 12.2. The predicted octanol–water partition coefficient (Wildman–Crippen LogP) is 3.66. The number of benzene rings is 2. The second-order valence-corrected chi connectivity index (χ2v) is 5.97. The summed E-state index contributed by atoms with van der Waals surface area (Å²) in [6.07, 6.45) is 0.195. The summed E-state index contributed by atoms with van der Waals surface area (Å²) in [5.41, 5.74) is 1.76. The van der Waals surface area contributed by atoms with Crippen LogP contribution in [0.5, 0.6) is 0 Å². The maximum Gasteiger partial charge on any atom is 0.253 e. The summed E-state index contributed by atoms with van der Waals surface area (Å²) < 4.78 is 0. The van der Waals surface area contributed by atoms with Gasteiger partial charge in [-0.2, -0.15) is 0 Å².